The molecule has 1 heterocycles. The first-order valence-electron chi connectivity index (χ1n) is 4.44. The number of hydrogen-bond donors (Lipinski definition) is 1. The lowest BCUT2D eigenvalue weighted by Gasteiger charge is -2.07. The number of carboxylic acid groups (broad SMARTS) is 1. The summed E-state index contributed by atoms with van der Waals surface area (Å²) in [6, 6.07) is 1.67. The van der Waals surface area contributed by atoms with Gasteiger partial charge >= 0.3 is 5.97 Å². The summed E-state index contributed by atoms with van der Waals surface area (Å²) in [4.78, 5) is 18.3. The van der Waals surface area contributed by atoms with E-state index >= 15 is 0 Å². The second kappa shape index (κ2) is 5.55. The predicted octanol–water partition coefficient (Wildman–Crippen LogP) is 0.589. The molecule has 0 bridgehead atoms. The van der Waals surface area contributed by atoms with Crippen LogP contribution in [0.5, 0.6) is 0 Å². The number of carbonyl (C=O) groups is 1. The Bertz CT molecular complexity index is 356. The number of rotatable bonds is 5. The predicted molar refractivity (Wildman–Crippen MR) is 55.6 cm³/mol. The summed E-state index contributed by atoms with van der Waals surface area (Å²) in [6.45, 7) is 1.65. The van der Waals surface area contributed by atoms with Crippen LogP contribution in [0.25, 0.3) is 0 Å². The Balaban J connectivity index is 2.52. The van der Waals surface area contributed by atoms with Gasteiger partial charge in [-0.05, 0) is 6.07 Å². The average molecular weight is 228 g/mol. The molecule has 0 aliphatic heterocycles. The van der Waals surface area contributed by atoms with E-state index in [2.05, 4.69) is 9.97 Å². The van der Waals surface area contributed by atoms with Crippen LogP contribution in [-0.4, -0.2) is 30.5 Å². The van der Waals surface area contributed by atoms with Gasteiger partial charge in [0, 0.05) is 28.4 Å². The molecular formula is C9H12N2O3S. The van der Waals surface area contributed by atoms with Crippen molar-refractivity contribution in [1.82, 2.24) is 9.97 Å². The zero-order valence-electron chi connectivity index (χ0n) is 8.29. The van der Waals surface area contributed by atoms with Gasteiger partial charge in [0.05, 0.1) is 12.2 Å². The van der Waals surface area contributed by atoms with Crippen LogP contribution < -0.4 is 0 Å². The van der Waals surface area contributed by atoms with E-state index in [1.165, 1.54) is 0 Å². The summed E-state index contributed by atoms with van der Waals surface area (Å²) in [5.41, 5.74) is 0. The molecule has 0 amide bonds. The van der Waals surface area contributed by atoms with Crippen molar-refractivity contribution in [1.29, 1.82) is 0 Å². The summed E-state index contributed by atoms with van der Waals surface area (Å²) in [5.74, 6) is -0.257. The zero-order chi connectivity index (χ0) is 11.3. The van der Waals surface area contributed by atoms with Crippen LogP contribution in [-0.2, 0) is 21.3 Å². The minimum Gasteiger partial charge on any atom is -0.481 e. The normalized spacial score (nSPS) is 14.5. The molecule has 2 unspecified atom stereocenters. The lowest BCUT2D eigenvalue weighted by molar-refractivity contribution is -0.136. The monoisotopic (exact) mass is 228 g/mol. The second-order valence-electron chi connectivity index (χ2n) is 3.10. The summed E-state index contributed by atoms with van der Waals surface area (Å²) >= 11 is 0. The maximum Gasteiger partial charge on any atom is 0.304 e. The Morgan fingerprint density at radius 3 is 2.67 bits per heavy atom. The molecule has 1 N–H and O–H groups in total. The van der Waals surface area contributed by atoms with Gasteiger partial charge in [-0.15, -0.1) is 0 Å². The van der Waals surface area contributed by atoms with Gasteiger partial charge in [0.1, 0.15) is 5.82 Å². The Kier molecular flexibility index (Phi) is 4.36. The standard InChI is InChI=1S/C9H12N2O3S/c1-7(5-9(12)13)15(14)6-8-10-3-2-4-11-8/h2-4,7H,5-6H2,1H3,(H,12,13). The van der Waals surface area contributed by atoms with Crippen molar-refractivity contribution < 1.29 is 14.1 Å². The van der Waals surface area contributed by atoms with Gasteiger partial charge in [0.2, 0.25) is 0 Å². The lowest BCUT2D eigenvalue weighted by atomic mass is 10.3. The van der Waals surface area contributed by atoms with Gasteiger partial charge in [-0.1, -0.05) is 6.92 Å². The number of carboxylic acids is 1. The molecule has 2 atom stereocenters. The van der Waals surface area contributed by atoms with Crippen LogP contribution in [0.3, 0.4) is 0 Å². The fourth-order valence-electron chi connectivity index (χ4n) is 1.01. The van der Waals surface area contributed by atoms with Crippen molar-refractivity contribution in [3.8, 4) is 0 Å². The second-order valence-corrected chi connectivity index (χ2v) is 4.95. The summed E-state index contributed by atoms with van der Waals surface area (Å²) in [7, 11) is -1.24. The molecule has 15 heavy (non-hydrogen) atoms. The zero-order valence-corrected chi connectivity index (χ0v) is 9.11. The molecule has 82 valence electrons. The SMILES string of the molecule is CC(CC(=O)O)S(=O)Cc1ncccn1. The largest absolute Gasteiger partial charge is 0.481 e. The third kappa shape index (κ3) is 4.16. The highest BCUT2D eigenvalue weighted by Gasteiger charge is 2.15. The van der Waals surface area contributed by atoms with Gasteiger partial charge in [0.15, 0.2) is 0 Å². The van der Waals surface area contributed by atoms with Crippen molar-refractivity contribution in [3.05, 3.63) is 24.3 Å². The van der Waals surface area contributed by atoms with Gasteiger partial charge < -0.3 is 5.11 Å². The molecule has 0 saturated carbocycles. The quantitative estimate of drug-likeness (QED) is 0.797. The van der Waals surface area contributed by atoms with E-state index < -0.39 is 16.8 Å². The van der Waals surface area contributed by atoms with Crippen LogP contribution in [0.2, 0.25) is 0 Å². The Morgan fingerprint density at radius 1 is 1.53 bits per heavy atom. The molecule has 0 aliphatic carbocycles. The topological polar surface area (TPSA) is 80.1 Å². The minimum atomic E-state index is -1.24. The molecule has 1 aromatic rings. The summed E-state index contributed by atoms with van der Waals surface area (Å²) < 4.78 is 11.6. The van der Waals surface area contributed by atoms with Gasteiger partial charge in [0.25, 0.3) is 0 Å². The van der Waals surface area contributed by atoms with Crippen LogP contribution >= 0.6 is 0 Å². The molecule has 0 spiro atoms. The van der Waals surface area contributed by atoms with E-state index in [1.807, 2.05) is 0 Å². The number of aliphatic carboxylic acids is 1. The van der Waals surface area contributed by atoms with Crippen molar-refractivity contribution in [2.75, 3.05) is 0 Å². The molecule has 6 heteroatoms. The third-order valence-electron chi connectivity index (χ3n) is 1.80. The first kappa shape index (κ1) is 11.8. The highest BCUT2D eigenvalue weighted by Crippen LogP contribution is 2.06. The van der Waals surface area contributed by atoms with E-state index in [0.717, 1.165) is 0 Å². The van der Waals surface area contributed by atoms with Gasteiger partial charge in [-0.25, -0.2) is 9.97 Å². The fraction of sp³-hybridized carbons (Fsp3) is 0.444. The van der Waals surface area contributed by atoms with Crippen LogP contribution in [0.4, 0.5) is 0 Å². The van der Waals surface area contributed by atoms with Gasteiger partial charge in [-0.3, -0.25) is 9.00 Å². The van der Waals surface area contributed by atoms with Crippen molar-refractivity contribution in [3.63, 3.8) is 0 Å². The highest BCUT2D eigenvalue weighted by atomic mass is 32.2. The smallest absolute Gasteiger partial charge is 0.304 e. The van der Waals surface area contributed by atoms with E-state index in [-0.39, 0.29) is 17.4 Å². The van der Waals surface area contributed by atoms with E-state index in [4.69, 9.17) is 5.11 Å². The van der Waals surface area contributed by atoms with Gasteiger partial charge in [-0.2, -0.15) is 0 Å². The van der Waals surface area contributed by atoms with Crippen LogP contribution in [0.1, 0.15) is 19.2 Å². The average Bonchev–Trinajstić information content (AvgIpc) is 2.18. The number of aromatic nitrogens is 2. The number of hydrogen-bond acceptors (Lipinski definition) is 4. The molecule has 0 saturated heterocycles. The Morgan fingerprint density at radius 2 is 2.13 bits per heavy atom. The van der Waals surface area contributed by atoms with Crippen molar-refractivity contribution in [2.45, 2.75) is 24.3 Å². The molecular weight excluding hydrogens is 216 g/mol. The molecule has 1 aromatic heterocycles. The Labute approximate surface area is 90.0 Å². The minimum absolute atomic E-state index is 0.0978. The van der Waals surface area contributed by atoms with E-state index in [1.54, 1.807) is 25.4 Å². The molecule has 0 fully saturated rings. The molecule has 1 rings (SSSR count). The maximum absolute atomic E-state index is 11.6. The lowest BCUT2D eigenvalue weighted by Crippen LogP contribution is -2.17. The van der Waals surface area contributed by atoms with Crippen LogP contribution in [0, 0.1) is 0 Å². The molecule has 5 nitrogen and oxygen atoms in total. The summed E-state index contributed by atoms with van der Waals surface area (Å²) in [5, 5.41) is 8.15. The first-order valence-corrected chi connectivity index (χ1v) is 5.82. The van der Waals surface area contributed by atoms with Crippen molar-refractivity contribution >= 4 is 16.8 Å². The highest BCUT2D eigenvalue weighted by molar-refractivity contribution is 7.84. The number of nitrogens with zero attached hydrogens (tertiary/aromatic N) is 2. The first-order chi connectivity index (χ1) is 7.09. The van der Waals surface area contributed by atoms with E-state index in [0.29, 0.717) is 5.82 Å². The van der Waals surface area contributed by atoms with E-state index in [9.17, 15) is 9.00 Å². The fourth-order valence-corrected chi connectivity index (χ4v) is 2.03. The van der Waals surface area contributed by atoms with Crippen LogP contribution in [0.15, 0.2) is 18.5 Å². The third-order valence-corrected chi connectivity index (χ3v) is 3.41. The van der Waals surface area contributed by atoms with Crippen molar-refractivity contribution in [2.24, 2.45) is 0 Å². The molecule has 0 aliphatic rings. The molecule has 0 radical (unpaired) electrons. The Hall–Kier alpha value is -1.30. The summed E-state index contributed by atoms with van der Waals surface area (Å²) in [6.07, 6.45) is 3.04. The molecule has 0 aromatic carbocycles. The maximum atomic E-state index is 11.6.